The second-order valence-corrected chi connectivity index (χ2v) is 2.38. The van der Waals surface area contributed by atoms with Crippen molar-refractivity contribution >= 4 is 49.7 Å². The molecule has 0 fully saturated rings. The zero-order valence-electron chi connectivity index (χ0n) is 6.62. The van der Waals surface area contributed by atoms with Crippen LogP contribution in [-0.4, -0.2) is 67.4 Å². The molecule has 0 spiro atoms. The quantitative estimate of drug-likeness (QED) is 0.312. The number of aliphatic carboxylic acids is 1. The van der Waals surface area contributed by atoms with Gasteiger partial charge in [0.2, 0.25) is 0 Å². The molecule has 0 aromatic heterocycles. The number of hydrogen-bond acceptors (Lipinski definition) is 3. The maximum atomic E-state index is 10.2. The topological polar surface area (TPSA) is 118 Å². The summed E-state index contributed by atoms with van der Waals surface area (Å²) < 4.78 is 0. The van der Waals surface area contributed by atoms with E-state index in [-0.39, 0.29) is 37.7 Å². The molecule has 0 aliphatic carbocycles. The van der Waals surface area contributed by atoms with Crippen LogP contribution in [-0.2, 0) is 4.79 Å². The Morgan fingerprint density at radius 2 is 2.00 bits per heavy atom. The Hall–Kier alpha value is -0.0403. The van der Waals surface area contributed by atoms with Gasteiger partial charge < -0.3 is 21.9 Å². The first kappa shape index (κ1) is 15.4. The van der Waals surface area contributed by atoms with E-state index in [9.17, 15) is 9.59 Å². The van der Waals surface area contributed by atoms with E-state index in [4.69, 9.17) is 16.6 Å². The van der Waals surface area contributed by atoms with E-state index < -0.39 is 18.0 Å². The first-order valence-corrected chi connectivity index (χ1v) is 3.55. The van der Waals surface area contributed by atoms with Crippen molar-refractivity contribution < 1.29 is 14.7 Å². The Labute approximate surface area is 106 Å². The van der Waals surface area contributed by atoms with Gasteiger partial charge in [-0.25, -0.2) is 4.79 Å². The average molecular weight is 217 g/mol. The fourth-order valence-electron chi connectivity index (χ4n) is 0.657. The van der Waals surface area contributed by atoms with Crippen molar-refractivity contribution in [2.75, 3.05) is 6.54 Å². The molecule has 6 nitrogen and oxygen atoms in total. The van der Waals surface area contributed by atoms with Crippen LogP contribution in [0.2, 0.25) is 0 Å². The Morgan fingerprint density at radius 3 is 2.38 bits per heavy atom. The number of carbonyl (C=O) groups is 2. The number of carboxylic acids is 1. The molecular weight excluding hydrogens is 202 g/mol. The summed E-state index contributed by atoms with van der Waals surface area (Å²) in [5.41, 5.74) is 9.96. The summed E-state index contributed by atoms with van der Waals surface area (Å²) in [5, 5.41) is 10.7. The number of nitrogens with one attached hydrogen (secondary N) is 1. The van der Waals surface area contributed by atoms with Crippen molar-refractivity contribution in [3.05, 3.63) is 0 Å². The second kappa shape index (κ2) is 8.55. The summed E-state index contributed by atoms with van der Waals surface area (Å²) in [6.45, 7) is 0.357. The van der Waals surface area contributed by atoms with Crippen molar-refractivity contribution in [1.82, 2.24) is 5.32 Å². The van der Waals surface area contributed by atoms with Crippen molar-refractivity contribution in [2.45, 2.75) is 18.9 Å². The zero-order valence-corrected chi connectivity index (χ0v) is 6.62. The molecule has 7 heteroatoms. The molecule has 2 amide bonds. The zero-order chi connectivity index (χ0) is 9.56. The van der Waals surface area contributed by atoms with E-state index in [1.807, 2.05) is 0 Å². The molecule has 74 valence electrons. The molecule has 0 rings (SSSR count). The van der Waals surface area contributed by atoms with Crippen LogP contribution in [0.25, 0.3) is 0 Å². The monoisotopic (exact) mass is 217 g/mol. The van der Waals surface area contributed by atoms with Gasteiger partial charge in [0, 0.05) is 6.54 Å². The molecule has 0 aliphatic heterocycles. The third kappa shape index (κ3) is 9.88. The third-order valence-electron chi connectivity index (χ3n) is 1.31. The van der Waals surface area contributed by atoms with Crippen LogP contribution < -0.4 is 16.8 Å². The van der Waals surface area contributed by atoms with E-state index in [2.05, 4.69) is 5.32 Å². The normalized spacial score (nSPS) is 11.2. The fourth-order valence-corrected chi connectivity index (χ4v) is 0.657. The molecule has 1 atom stereocenters. The molecule has 0 saturated carbocycles. The van der Waals surface area contributed by atoms with Gasteiger partial charge in [-0.3, -0.25) is 4.79 Å². The van der Waals surface area contributed by atoms with Gasteiger partial charge in [0.05, 0.1) is 0 Å². The number of rotatable bonds is 5. The Balaban J connectivity index is 0. The number of nitrogens with two attached hydrogens (primary N) is 2. The number of hydrogen-bond donors (Lipinski definition) is 4. The minimum absolute atomic E-state index is 0. The number of primary amides is 1. The van der Waals surface area contributed by atoms with Crippen LogP contribution in [0.5, 0.6) is 0 Å². The number of carboxylic acid groups (broad SMARTS) is 1. The molecule has 0 saturated heterocycles. The predicted octanol–water partition coefficient (Wildman–Crippen LogP) is -2.07. The summed E-state index contributed by atoms with van der Waals surface area (Å²) >= 11 is 0. The minimum atomic E-state index is -1.03. The van der Waals surface area contributed by atoms with Gasteiger partial charge in [-0.05, 0) is 12.8 Å². The van der Waals surface area contributed by atoms with Crippen LogP contribution in [0.3, 0.4) is 0 Å². The molecule has 0 aromatic rings. The average Bonchev–Trinajstić information content (AvgIpc) is 1.97. The summed E-state index contributed by atoms with van der Waals surface area (Å²) in [7, 11) is 0. The third-order valence-corrected chi connectivity index (χ3v) is 1.31. The van der Waals surface area contributed by atoms with Gasteiger partial charge in [0.15, 0.2) is 0 Å². The van der Waals surface area contributed by atoms with Gasteiger partial charge in [-0.1, -0.05) is 0 Å². The van der Waals surface area contributed by atoms with Gasteiger partial charge in [-0.2, -0.15) is 0 Å². The summed E-state index contributed by atoms with van der Waals surface area (Å²) in [6, 6.07) is -1.47. The van der Waals surface area contributed by atoms with Crippen LogP contribution in [0.1, 0.15) is 12.8 Å². The molecule has 1 unspecified atom stereocenters. The van der Waals surface area contributed by atoms with Crippen LogP contribution >= 0.6 is 0 Å². The Morgan fingerprint density at radius 1 is 1.46 bits per heavy atom. The first-order chi connectivity index (χ1) is 5.54. The van der Waals surface area contributed by atoms with Crippen molar-refractivity contribution in [1.29, 1.82) is 0 Å². The molecule has 13 heavy (non-hydrogen) atoms. The molecule has 0 bridgehead atoms. The molecule has 6 N–H and O–H groups in total. The SMILES string of the molecule is NC(=O)NCCCC(N)C(=O)O.[CaH2]. The maximum absolute atomic E-state index is 10.2. The first-order valence-electron chi connectivity index (χ1n) is 3.55. The summed E-state index contributed by atoms with van der Waals surface area (Å²) in [4.78, 5) is 20.3. The number of amides is 2. The standard InChI is InChI=1S/C6H13N3O3.Ca.2H/c7-4(5(10)11)2-1-3-9-6(8)12;;;/h4H,1-3,7H2,(H,10,11)(H3,8,9,12);;;. The van der Waals surface area contributed by atoms with Crippen molar-refractivity contribution in [2.24, 2.45) is 11.5 Å². The van der Waals surface area contributed by atoms with Crippen molar-refractivity contribution in [3.63, 3.8) is 0 Å². The predicted molar refractivity (Wildman–Crippen MR) is 51.0 cm³/mol. The summed E-state index contributed by atoms with van der Waals surface area (Å²) in [6.07, 6.45) is 0.839. The fraction of sp³-hybridized carbons (Fsp3) is 0.667. The van der Waals surface area contributed by atoms with E-state index in [0.29, 0.717) is 19.4 Å². The van der Waals surface area contributed by atoms with E-state index in [1.165, 1.54) is 0 Å². The van der Waals surface area contributed by atoms with Gasteiger partial charge in [-0.15, -0.1) is 0 Å². The Bertz CT molecular complexity index is 177. The van der Waals surface area contributed by atoms with E-state index in [1.54, 1.807) is 0 Å². The molecule has 0 aliphatic rings. The van der Waals surface area contributed by atoms with Crippen LogP contribution in [0, 0.1) is 0 Å². The number of urea groups is 1. The second-order valence-electron chi connectivity index (χ2n) is 2.38. The van der Waals surface area contributed by atoms with E-state index >= 15 is 0 Å². The molecular formula is C6H15CaN3O3. The van der Waals surface area contributed by atoms with Crippen LogP contribution in [0.4, 0.5) is 4.79 Å². The molecule has 0 radical (unpaired) electrons. The Kier molecular flexibility index (Phi) is 10.2. The van der Waals surface area contributed by atoms with Gasteiger partial charge >= 0.3 is 49.7 Å². The van der Waals surface area contributed by atoms with Gasteiger partial charge in [0.25, 0.3) is 0 Å². The van der Waals surface area contributed by atoms with Crippen molar-refractivity contribution in [3.8, 4) is 0 Å². The van der Waals surface area contributed by atoms with E-state index in [0.717, 1.165) is 0 Å². The molecule has 0 aromatic carbocycles. The molecule has 0 heterocycles. The number of carbonyl (C=O) groups excluding carboxylic acids is 1. The summed E-state index contributed by atoms with van der Waals surface area (Å²) in [5.74, 6) is -1.03. The van der Waals surface area contributed by atoms with Crippen LogP contribution in [0.15, 0.2) is 0 Å². The van der Waals surface area contributed by atoms with Gasteiger partial charge in [0.1, 0.15) is 6.04 Å².